The Morgan fingerprint density at radius 1 is 1.21 bits per heavy atom. The van der Waals surface area contributed by atoms with Gasteiger partial charge in [0.1, 0.15) is 12.9 Å². The van der Waals surface area contributed by atoms with Crippen molar-refractivity contribution in [2.24, 2.45) is 7.05 Å². The summed E-state index contributed by atoms with van der Waals surface area (Å²) in [4.78, 5) is 25.3. The van der Waals surface area contributed by atoms with E-state index in [0.717, 1.165) is 11.1 Å². The number of rotatable bonds is 4. The summed E-state index contributed by atoms with van der Waals surface area (Å²) in [6, 6.07) is 7.91. The maximum absolute atomic E-state index is 12.6. The molecule has 4 aromatic rings. The normalized spacial score (nSPS) is 21.4. The van der Waals surface area contributed by atoms with Gasteiger partial charge in [0.15, 0.2) is 17.0 Å². The van der Waals surface area contributed by atoms with Gasteiger partial charge in [-0.15, -0.1) is 0 Å². The third-order valence-corrected chi connectivity index (χ3v) is 5.61. The Balaban J connectivity index is 1.32. The van der Waals surface area contributed by atoms with Gasteiger partial charge in [0.05, 0.1) is 11.9 Å². The molecule has 29 heavy (non-hydrogen) atoms. The smallest absolute Gasteiger partial charge is 0.280 e. The predicted octanol–water partition coefficient (Wildman–Crippen LogP) is 1.63. The predicted molar refractivity (Wildman–Crippen MR) is 103 cm³/mol. The third-order valence-electron chi connectivity index (χ3n) is 5.61. The van der Waals surface area contributed by atoms with Crippen LogP contribution >= 0.6 is 0 Å². The van der Waals surface area contributed by atoms with Crippen molar-refractivity contribution < 1.29 is 9.63 Å². The van der Waals surface area contributed by atoms with Crippen LogP contribution in [-0.4, -0.2) is 34.3 Å². The minimum Gasteiger partial charge on any atom is -0.385 e. The highest BCUT2D eigenvalue weighted by molar-refractivity contribution is 5.68. The molecule has 0 spiro atoms. The first-order valence-electron chi connectivity index (χ1n) is 9.41. The lowest BCUT2D eigenvalue weighted by molar-refractivity contribution is -0.0573. The van der Waals surface area contributed by atoms with E-state index in [9.17, 15) is 9.90 Å². The molecule has 1 aliphatic carbocycles. The number of aliphatic hydroxyl groups is 1. The molecule has 0 unspecified atom stereocenters. The summed E-state index contributed by atoms with van der Waals surface area (Å²) in [5, 5.41) is 14.9. The number of hydrogen-bond acceptors (Lipinski definition) is 7. The van der Waals surface area contributed by atoms with E-state index in [0.29, 0.717) is 35.7 Å². The Morgan fingerprint density at radius 3 is 2.69 bits per heavy atom. The summed E-state index contributed by atoms with van der Waals surface area (Å²) in [7, 11) is 1.75. The molecule has 0 aliphatic heterocycles. The van der Waals surface area contributed by atoms with Crippen molar-refractivity contribution in [3.63, 3.8) is 0 Å². The molecule has 9 nitrogen and oxygen atoms in total. The van der Waals surface area contributed by atoms with Gasteiger partial charge in [-0.2, -0.15) is 4.98 Å². The third kappa shape index (κ3) is 2.94. The number of imidazole rings is 1. The van der Waals surface area contributed by atoms with Crippen molar-refractivity contribution in [3.8, 4) is 0 Å². The Morgan fingerprint density at radius 2 is 1.93 bits per heavy atom. The Labute approximate surface area is 165 Å². The lowest BCUT2D eigenvalue weighted by Crippen LogP contribution is -2.40. The molecule has 1 N–H and O–H groups in total. The Bertz CT molecular complexity index is 1250. The van der Waals surface area contributed by atoms with E-state index in [1.807, 2.05) is 31.2 Å². The summed E-state index contributed by atoms with van der Waals surface area (Å²) in [5.41, 5.74) is 1.83. The van der Waals surface area contributed by atoms with Crippen LogP contribution in [0.25, 0.3) is 11.2 Å². The first-order chi connectivity index (χ1) is 13.9. The Hall–Kier alpha value is -3.33. The van der Waals surface area contributed by atoms with E-state index in [1.165, 1.54) is 10.9 Å². The number of hydrogen-bond donors (Lipinski definition) is 1. The van der Waals surface area contributed by atoms with Crippen molar-refractivity contribution in [3.05, 3.63) is 70.1 Å². The van der Waals surface area contributed by atoms with Crippen LogP contribution in [0, 0.1) is 6.92 Å². The van der Waals surface area contributed by atoms with Crippen molar-refractivity contribution >= 4 is 11.2 Å². The monoisotopic (exact) mass is 392 g/mol. The molecule has 0 radical (unpaired) electrons. The van der Waals surface area contributed by atoms with Crippen molar-refractivity contribution in [2.45, 2.75) is 37.8 Å². The number of benzene rings is 1. The molecule has 0 amide bonds. The number of aryl methyl sites for hydroxylation is 2. The quantitative estimate of drug-likeness (QED) is 0.562. The molecule has 0 atom stereocenters. The van der Waals surface area contributed by atoms with Gasteiger partial charge in [-0.1, -0.05) is 35.0 Å². The summed E-state index contributed by atoms with van der Waals surface area (Å²) in [5.74, 6) is 0.906. The zero-order chi connectivity index (χ0) is 20.2. The second-order valence-electron chi connectivity index (χ2n) is 7.75. The van der Waals surface area contributed by atoms with Gasteiger partial charge in [0, 0.05) is 13.0 Å². The second kappa shape index (κ2) is 6.35. The fourth-order valence-electron chi connectivity index (χ4n) is 3.87. The molecule has 9 heteroatoms. The first-order valence-corrected chi connectivity index (χ1v) is 9.41. The minimum absolute atomic E-state index is 0.0215. The van der Waals surface area contributed by atoms with Gasteiger partial charge >= 0.3 is 0 Å². The summed E-state index contributed by atoms with van der Waals surface area (Å²) in [6.07, 6.45) is 4.07. The lowest BCUT2D eigenvalue weighted by atomic mass is 9.67. The zero-order valence-electron chi connectivity index (χ0n) is 16.1. The van der Waals surface area contributed by atoms with E-state index in [1.54, 1.807) is 17.9 Å². The zero-order valence-corrected chi connectivity index (χ0v) is 16.1. The highest BCUT2D eigenvalue weighted by Gasteiger charge is 2.46. The molecular formula is C20H20N6O3. The maximum atomic E-state index is 12.6. The van der Waals surface area contributed by atoms with Crippen LogP contribution in [0.2, 0.25) is 0 Å². The van der Waals surface area contributed by atoms with Crippen LogP contribution in [0.5, 0.6) is 0 Å². The van der Waals surface area contributed by atoms with Crippen LogP contribution in [0.15, 0.2) is 46.2 Å². The SMILES string of the molecule is Cc1ccc(C2(O)CC(c3noc(Cn4cnc5ncn(C)c5c4=O)n3)C2)cc1. The number of aromatic nitrogens is 6. The molecule has 3 aromatic heterocycles. The standard InChI is InChI=1S/C20H20N6O3/c1-12-3-5-14(6-4-12)20(28)7-13(8-20)17-23-15(29-24-17)9-26-11-22-18-16(19(26)27)25(2)10-21-18/h3-6,10-11,13,28H,7-9H2,1-2H3. The fourth-order valence-corrected chi connectivity index (χ4v) is 3.87. The van der Waals surface area contributed by atoms with Gasteiger partial charge in [-0.05, 0) is 25.3 Å². The largest absolute Gasteiger partial charge is 0.385 e. The van der Waals surface area contributed by atoms with Gasteiger partial charge in [-0.3, -0.25) is 9.36 Å². The molecule has 1 saturated carbocycles. The molecule has 0 bridgehead atoms. The molecular weight excluding hydrogens is 372 g/mol. The molecule has 1 aliphatic rings. The average molecular weight is 392 g/mol. The number of nitrogens with zero attached hydrogens (tertiary/aromatic N) is 6. The highest BCUT2D eigenvalue weighted by Crippen LogP contribution is 2.49. The second-order valence-corrected chi connectivity index (χ2v) is 7.75. The topological polar surface area (TPSA) is 112 Å². The van der Waals surface area contributed by atoms with E-state index in [2.05, 4.69) is 20.1 Å². The molecule has 1 aromatic carbocycles. The summed E-state index contributed by atoms with van der Waals surface area (Å²) >= 11 is 0. The van der Waals surface area contributed by atoms with Crippen molar-refractivity contribution in [2.75, 3.05) is 0 Å². The first kappa shape index (κ1) is 17.7. The molecule has 1 fully saturated rings. The van der Waals surface area contributed by atoms with Crippen LogP contribution in [0.3, 0.4) is 0 Å². The Kier molecular flexibility index (Phi) is 3.88. The molecule has 0 saturated heterocycles. The molecule has 5 rings (SSSR count). The maximum Gasteiger partial charge on any atom is 0.280 e. The van der Waals surface area contributed by atoms with Crippen LogP contribution in [0.1, 0.15) is 41.6 Å². The molecule has 148 valence electrons. The van der Waals surface area contributed by atoms with E-state index >= 15 is 0 Å². The average Bonchev–Trinajstić information content (AvgIpc) is 3.29. The van der Waals surface area contributed by atoms with Gasteiger partial charge in [-0.25, -0.2) is 9.97 Å². The van der Waals surface area contributed by atoms with Crippen molar-refractivity contribution in [1.29, 1.82) is 0 Å². The van der Waals surface area contributed by atoms with Crippen LogP contribution in [0.4, 0.5) is 0 Å². The van der Waals surface area contributed by atoms with E-state index in [-0.39, 0.29) is 18.0 Å². The molecule has 3 heterocycles. The summed E-state index contributed by atoms with van der Waals surface area (Å²) < 4.78 is 8.40. The van der Waals surface area contributed by atoms with Gasteiger partial charge < -0.3 is 14.2 Å². The van der Waals surface area contributed by atoms with Crippen molar-refractivity contribution in [1.82, 2.24) is 29.2 Å². The number of fused-ring (bicyclic) bond motifs is 1. The summed E-state index contributed by atoms with van der Waals surface area (Å²) in [6.45, 7) is 2.15. The van der Waals surface area contributed by atoms with E-state index in [4.69, 9.17) is 4.52 Å². The highest BCUT2D eigenvalue weighted by atomic mass is 16.5. The van der Waals surface area contributed by atoms with Crippen LogP contribution in [-0.2, 0) is 19.2 Å². The minimum atomic E-state index is -0.857. The van der Waals surface area contributed by atoms with Gasteiger partial charge in [0.25, 0.3) is 5.56 Å². The van der Waals surface area contributed by atoms with E-state index < -0.39 is 5.60 Å². The van der Waals surface area contributed by atoms with Crippen LogP contribution < -0.4 is 5.56 Å². The lowest BCUT2D eigenvalue weighted by Gasteiger charge is -2.42. The van der Waals surface area contributed by atoms with Gasteiger partial charge in [0.2, 0.25) is 5.89 Å². The fraction of sp³-hybridized carbons (Fsp3) is 0.350.